The molecule has 0 radical (unpaired) electrons. The number of aliphatic hydroxyl groups excluding tert-OH is 1. The number of thiophene rings is 1. The number of carbonyl (C=O) groups is 1. The Bertz CT molecular complexity index is 326. The second kappa shape index (κ2) is 7.34. The topological polar surface area (TPSA) is 78.8 Å². The molecule has 6 heteroatoms. The molecule has 0 bridgehead atoms. The van der Waals surface area contributed by atoms with Gasteiger partial charge in [-0.3, -0.25) is 0 Å². The summed E-state index contributed by atoms with van der Waals surface area (Å²) in [4.78, 5) is 11.6. The fourth-order valence-electron chi connectivity index (χ4n) is 1.11. The van der Waals surface area contributed by atoms with E-state index in [4.69, 9.17) is 14.9 Å². The van der Waals surface area contributed by atoms with Gasteiger partial charge in [0.15, 0.2) is 0 Å². The van der Waals surface area contributed by atoms with Crippen LogP contribution in [0.25, 0.3) is 0 Å². The summed E-state index contributed by atoms with van der Waals surface area (Å²) >= 11 is 1.42. The van der Waals surface area contributed by atoms with Gasteiger partial charge in [-0.1, -0.05) is 0 Å². The van der Waals surface area contributed by atoms with Gasteiger partial charge < -0.3 is 20.3 Å². The summed E-state index contributed by atoms with van der Waals surface area (Å²) in [5, 5.41) is 21.9. The van der Waals surface area contributed by atoms with E-state index in [1.54, 1.807) is 11.4 Å². The van der Waals surface area contributed by atoms with Gasteiger partial charge in [0.05, 0.1) is 25.4 Å². The summed E-state index contributed by atoms with van der Waals surface area (Å²) in [6.07, 6.45) is 0. The van der Waals surface area contributed by atoms with Crippen LogP contribution in [0.4, 0.5) is 0 Å². The lowest BCUT2D eigenvalue weighted by Gasteiger charge is -2.03. The zero-order valence-electron chi connectivity index (χ0n) is 8.81. The minimum Gasteiger partial charge on any atom is -0.478 e. The van der Waals surface area contributed by atoms with Crippen molar-refractivity contribution >= 4 is 17.3 Å². The summed E-state index contributed by atoms with van der Waals surface area (Å²) in [6.45, 7) is 2.25. The normalized spacial score (nSPS) is 10.6. The molecule has 90 valence electrons. The predicted molar refractivity (Wildman–Crippen MR) is 60.9 cm³/mol. The first kappa shape index (κ1) is 13.1. The van der Waals surface area contributed by atoms with Gasteiger partial charge in [-0.25, -0.2) is 4.79 Å². The van der Waals surface area contributed by atoms with Crippen molar-refractivity contribution in [2.45, 2.75) is 6.54 Å². The van der Waals surface area contributed by atoms with E-state index in [0.717, 1.165) is 4.88 Å². The molecule has 0 unspecified atom stereocenters. The highest BCUT2D eigenvalue weighted by Gasteiger charge is 2.05. The summed E-state index contributed by atoms with van der Waals surface area (Å²) in [6, 6.07) is 1.66. The molecule has 1 aromatic rings. The van der Waals surface area contributed by atoms with Gasteiger partial charge in [-0.2, -0.15) is 0 Å². The SMILES string of the molecule is O=C(O)c1csc(CNCCOCCO)c1. The Labute approximate surface area is 97.7 Å². The second-order valence-corrected chi connectivity index (χ2v) is 4.12. The first-order valence-corrected chi connectivity index (χ1v) is 5.82. The highest BCUT2D eigenvalue weighted by Crippen LogP contribution is 2.14. The molecule has 0 aliphatic rings. The lowest BCUT2D eigenvalue weighted by molar-refractivity contribution is 0.0697. The van der Waals surface area contributed by atoms with E-state index in [2.05, 4.69) is 5.32 Å². The lowest BCUT2D eigenvalue weighted by Crippen LogP contribution is -2.19. The summed E-state index contributed by atoms with van der Waals surface area (Å²) in [5.41, 5.74) is 0.332. The van der Waals surface area contributed by atoms with E-state index < -0.39 is 5.97 Å². The average molecular weight is 245 g/mol. The Kier molecular flexibility index (Phi) is 6.02. The molecule has 0 aromatic carbocycles. The maximum absolute atomic E-state index is 10.6. The first-order chi connectivity index (χ1) is 7.74. The van der Waals surface area contributed by atoms with Crippen LogP contribution in [0.15, 0.2) is 11.4 Å². The Morgan fingerprint density at radius 1 is 1.50 bits per heavy atom. The quantitative estimate of drug-likeness (QED) is 0.583. The second-order valence-electron chi connectivity index (χ2n) is 3.12. The highest BCUT2D eigenvalue weighted by atomic mass is 32.1. The number of hydrogen-bond acceptors (Lipinski definition) is 5. The molecule has 0 amide bonds. The Morgan fingerprint density at radius 3 is 2.94 bits per heavy atom. The third-order valence-corrected chi connectivity index (χ3v) is 2.80. The van der Waals surface area contributed by atoms with Crippen LogP contribution in [-0.2, 0) is 11.3 Å². The zero-order chi connectivity index (χ0) is 11.8. The van der Waals surface area contributed by atoms with Crippen LogP contribution < -0.4 is 5.32 Å². The Balaban J connectivity index is 2.14. The van der Waals surface area contributed by atoms with Crippen LogP contribution in [0, 0.1) is 0 Å². The number of nitrogens with one attached hydrogen (secondary N) is 1. The largest absolute Gasteiger partial charge is 0.478 e. The van der Waals surface area contributed by atoms with Gasteiger partial charge in [-0.05, 0) is 6.07 Å². The van der Waals surface area contributed by atoms with Gasteiger partial charge in [0.1, 0.15) is 0 Å². The van der Waals surface area contributed by atoms with Crippen LogP contribution in [0.1, 0.15) is 15.2 Å². The van der Waals surface area contributed by atoms with E-state index in [9.17, 15) is 4.79 Å². The summed E-state index contributed by atoms with van der Waals surface area (Å²) < 4.78 is 5.06. The van der Waals surface area contributed by atoms with Crippen LogP contribution in [0.2, 0.25) is 0 Å². The van der Waals surface area contributed by atoms with Crippen molar-refractivity contribution in [3.63, 3.8) is 0 Å². The maximum atomic E-state index is 10.6. The Morgan fingerprint density at radius 2 is 2.31 bits per heavy atom. The smallest absolute Gasteiger partial charge is 0.336 e. The molecular weight excluding hydrogens is 230 g/mol. The van der Waals surface area contributed by atoms with Crippen molar-refractivity contribution in [3.05, 3.63) is 21.9 Å². The molecule has 1 aromatic heterocycles. The standard InChI is InChI=1S/C10H15NO4S/c12-2-4-15-3-1-11-6-9-5-8(7-16-9)10(13)14/h5,7,11-12H,1-4,6H2,(H,13,14). The summed E-state index contributed by atoms with van der Waals surface area (Å²) in [5.74, 6) is -0.895. The number of hydrogen-bond donors (Lipinski definition) is 3. The lowest BCUT2D eigenvalue weighted by atomic mass is 10.3. The van der Waals surface area contributed by atoms with Gasteiger partial charge >= 0.3 is 5.97 Å². The van der Waals surface area contributed by atoms with Crippen LogP contribution >= 0.6 is 11.3 Å². The number of ether oxygens (including phenoxy) is 1. The van der Waals surface area contributed by atoms with Crippen molar-refractivity contribution in [1.29, 1.82) is 0 Å². The van der Waals surface area contributed by atoms with Gasteiger partial charge in [0.25, 0.3) is 0 Å². The summed E-state index contributed by atoms with van der Waals surface area (Å²) in [7, 11) is 0. The van der Waals surface area contributed by atoms with Gasteiger partial charge in [0.2, 0.25) is 0 Å². The maximum Gasteiger partial charge on any atom is 0.336 e. The van der Waals surface area contributed by atoms with Crippen molar-refractivity contribution in [2.24, 2.45) is 0 Å². The highest BCUT2D eigenvalue weighted by molar-refractivity contribution is 7.10. The van der Waals surface area contributed by atoms with E-state index in [0.29, 0.717) is 31.9 Å². The minimum atomic E-state index is -0.895. The Hall–Kier alpha value is -0.950. The van der Waals surface area contributed by atoms with E-state index in [1.165, 1.54) is 11.3 Å². The van der Waals surface area contributed by atoms with Crippen molar-refractivity contribution in [1.82, 2.24) is 5.32 Å². The third-order valence-electron chi connectivity index (χ3n) is 1.86. The number of aliphatic hydroxyl groups is 1. The van der Waals surface area contributed by atoms with E-state index in [1.807, 2.05) is 0 Å². The molecule has 16 heavy (non-hydrogen) atoms. The molecule has 3 N–H and O–H groups in total. The van der Waals surface area contributed by atoms with Crippen molar-refractivity contribution < 1.29 is 19.7 Å². The monoisotopic (exact) mass is 245 g/mol. The number of rotatable bonds is 8. The van der Waals surface area contributed by atoms with Crippen molar-refractivity contribution in [3.8, 4) is 0 Å². The minimum absolute atomic E-state index is 0.0346. The van der Waals surface area contributed by atoms with Crippen LogP contribution in [-0.4, -0.2) is 42.5 Å². The van der Waals surface area contributed by atoms with E-state index >= 15 is 0 Å². The molecule has 0 atom stereocenters. The molecular formula is C10H15NO4S. The van der Waals surface area contributed by atoms with Gasteiger partial charge in [-0.15, -0.1) is 11.3 Å². The fraction of sp³-hybridized carbons (Fsp3) is 0.500. The molecule has 0 aliphatic carbocycles. The molecule has 0 aliphatic heterocycles. The molecule has 1 heterocycles. The number of carboxylic acids is 1. The molecule has 0 saturated carbocycles. The molecule has 1 rings (SSSR count). The van der Waals surface area contributed by atoms with Crippen molar-refractivity contribution in [2.75, 3.05) is 26.4 Å². The number of aromatic carboxylic acids is 1. The molecule has 0 fully saturated rings. The van der Waals surface area contributed by atoms with E-state index in [-0.39, 0.29) is 6.61 Å². The van der Waals surface area contributed by atoms with Gasteiger partial charge in [0, 0.05) is 23.3 Å². The molecule has 0 saturated heterocycles. The average Bonchev–Trinajstić information content (AvgIpc) is 2.72. The fourth-order valence-corrected chi connectivity index (χ4v) is 1.94. The molecule has 5 nitrogen and oxygen atoms in total. The zero-order valence-corrected chi connectivity index (χ0v) is 9.63. The number of carboxylic acid groups (broad SMARTS) is 1. The third kappa shape index (κ3) is 4.71. The predicted octanol–water partition coefficient (Wildman–Crippen LogP) is 0.545. The van der Waals surface area contributed by atoms with Crippen LogP contribution in [0.5, 0.6) is 0 Å². The van der Waals surface area contributed by atoms with Crippen LogP contribution in [0.3, 0.4) is 0 Å². The molecule has 0 spiro atoms. The first-order valence-electron chi connectivity index (χ1n) is 4.94.